The molecule has 0 spiro atoms. The van der Waals surface area contributed by atoms with E-state index < -0.39 is 0 Å². The molecule has 6 nitrogen and oxygen atoms in total. The molecule has 1 aromatic rings. The van der Waals surface area contributed by atoms with Crippen molar-refractivity contribution in [2.24, 2.45) is 11.8 Å². The monoisotopic (exact) mass is 400 g/mol. The van der Waals surface area contributed by atoms with Crippen molar-refractivity contribution in [2.75, 3.05) is 33.9 Å². The Bertz CT molecular complexity index is 732. The standard InChI is InChI=1S/C23H32N2O4/c1-28-20-9-8-19(15-21(20)29-2)23(27)25-13-11-18(12-14-25)16-24-22(26)10-7-17-5-3-4-6-17/h7-10,15,17-18H,3-6,11-14,16H2,1-2H3,(H,24,26)/b10-7+. The van der Waals surface area contributed by atoms with Crippen LogP contribution in [0, 0.1) is 11.8 Å². The van der Waals surface area contributed by atoms with Gasteiger partial charge < -0.3 is 19.7 Å². The molecule has 29 heavy (non-hydrogen) atoms. The first-order valence-corrected chi connectivity index (χ1v) is 10.6. The molecular weight excluding hydrogens is 368 g/mol. The van der Waals surface area contributed by atoms with Gasteiger partial charge in [0.1, 0.15) is 0 Å². The van der Waals surface area contributed by atoms with Crippen LogP contribution in [0.3, 0.4) is 0 Å². The number of rotatable bonds is 7. The molecule has 0 unspecified atom stereocenters. The van der Waals surface area contributed by atoms with Crippen molar-refractivity contribution >= 4 is 11.8 Å². The highest BCUT2D eigenvalue weighted by Crippen LogP contribution is 2.29. The Balaban J connectivity index is 1.44. The Morgan fingerprint density at radius 1 is 1.07 bits per heavy atom. The van der Waals surface area contributed by atoms with Crippen LogP contribution in [-0.2, 0) is 4.79 Å². The van der Waals surface area contributed by atoms with Crippen LogP contribution < -0.4 is 14.8 Å². The number of carbonyl (C=O) groups is 2. The molecule has 0 atom stereocenters. The van der Waals surface area contributed by atoms with Crippen molar-refractivity contribution < 1.29 is 19.1 Å². The number of nitrogens with zero attached hydrogens (tertiary/aromatic N) is 1. The van der Waals surface area contributed by atoms with E-state index in [0.717, 1.165) is 12.8 Å². The van der Waals surface area contributed by atoms with Crippen LogP contribution in [0.4, 0.5) is 0 Å². The third-order valence-corrected chi connectivity index (χ3v) is 6.02. The van der Waals surface area contributed by atoms with E-state index in [9.17, 15) is 9.59 Å². The molecule has 3 rings (SSSR count). The summed E-state index contributed by atoms with van der Waals surface area (Å²) in [5.41, 5.74) is 0.603. The zero-order valence-electron chi connectivity index (χ0n) is 17.5. The summed E-state index contributed by atoms with van der Waals surface area (Å²) in [6.45, 7) is 2.07. The fourth-order valence-corrected chi connectivity index (χ4v) is 4.17. The number of piperidine rings is 1. The van der Waals surface area contributed by atoms with Gasteiger partial charge in [-0.2, -0.15) is 0 Å². The zero-order valence-corrected chi connectivity index (χ0v) is 17.5. The van der Waals surface area contributed by atoms with E-state index in [1.54, 1.807) is 38.5 Å². The fourth-order valence-electron chi connectivity index (χ4n) is 4.17. The van der Waals surface area contributed by atoms with Crippen LogP contribution in [-0.4, -0.2) is 50.6 Å². The van der Waals surface area contributed by atoms with E-state index in [1.807, 2.05) is 4.90 Å². The van der Waals surface area contributed by atoms with E-state index in [-0.39, 0.29) is 11.8 Å². The van der Waals surface area contributed by atoms with Gasteiger partial charge in [0.15, 0.2) is 11.5 Å². The molecule has 0 aromatic heterocycles. The number of hydrogen-bond acceptors (Lipinski definition) is 4. The van der Waals surface area contributed by atoms with Crippen molar-refractivity contribution in [3.05, 3.63) is 35.9 Å². The summed E-state index contributed by atoms with van der Waals surface area (Å²) in [7, 11) is 3.14. The first kappa shape index (κ1) is 21.2. The van der Waals surface area contributed by atoms with Crippen LogP contribution in [0.1, 0.15) is 48.9 Å². The molecule has 2 aliphatic rings. The average Bonchev–Trinajstić information content (AvgIpc) is 3.29. The van der Waals surface area contributed by atoms with Crippen LogP contribution in [0.15, 0.2) is 30.4 Å². The SMILES string of the molecule is COc1ccc(C(=O)N2CCC(CNC(=O)/C=C/C3CCCC3)CC2)cc1OC. The lowest BCUT2D eigenvalue weighted by Gasteiger charge is -2.32. The van der Waals surface area contributed by atoms with Crippen molar-refractivity contribution in [1.82, 2.24) is 10.2 Å². The van der Waals surface area contributed by atoms with E-state index >= 15 is 0 Å². The highest BCUT2D eigenvalue weighted by Gasteiger charge is 2.24. The van der Waals surface area contributed by atoms with Crippen molar-refractivity contribution in [1.29, 1.82) is 0 Å². The number of ether oxygens (including phenoxy) is 2. The summed E-state index contributed by atoms with van der Waals surface area (Å²) >= 11 is 0. The van der Waals surface area contributed by atoms with Crippen molar-refractivity contribution in [2.45, 2.75) is 38.5 Å². The summed E-state index contributed by atoms with van der Waals surface area (Å²) in [6.07, 6.45) is 10.5. The molecule has 1 aliphatic heterocycles. The number of hydrogen-bond donors (Lipinski definition) is 1. The molecule has 0 bridgehead atoms. The second kappa shape index (κ2) is 10.3. The normalized spacial score (nSPS) is 18.2. The van der Waals surface area contributed by atoms with Gasteiger partial charge in [-0.15, -0.1) is 0 Å². The number of amides is 2. The maximum atomic E-state index is 12.8. The first-order valence-electron chi connectivity index (χ1n) is 10.6. The number of carbonyl (C=O) groups excluding carboxylic acids is 2. The lowest BCUT2D eigenvalue weighted by atomic mass is 9.96. The number of methoxy groups -OCH3 is 2. The lowest BCUT2D eigenvalue weighted by Crippen LogP contribution is -2.41. The summed E-state index contributed by atoms with van der Waals surface area (Å²) in [5.74, 6) is 2.16. The molecular formula is C23H32N2O4. The second-order valence-electron chi connectivity index (χ2n) is 7.95. The Morgan fingerprint density at radius 2 is 1.76 bits per heavy atom. The minimum absolute atomic E-state index is 0.000679. The predicted octanol–water partition coefficient (Wildman–Crippen LogP) is 3.42. The number of likely N-dealkylation sites (tertiary alicyclic amines) is 1. The van der Waals surface area contributed by atoms with Gasteiger partial charge in [0.2, 0.25) is 5.91 Å². The summed E-state index contributed by atoms with van der Waals surface area (Å²) in [6, 6.07) is 5.25. The van der Waals surface area contributed by atoms with E-state index in [1.165, 1.54) is 25.7 Å². The summed E-state index contributed by atoms with van der Waals surface area (Å²) in [4.78, 5) is 26.7. The lowest BCUT2D eigenvalue weighted by molar-refractivity contribution is -0.116. The van der Waals surface area contributed by atoms with Gasteiger partial charge in [-0.1, -0.05) is 18.9 Å². The van der Waals surface area contributed by atoms with Crippen molar-refractivity contribution in [3.63, 3.8) is 0 Å². The largest absolute Gasteiger partial charge is 0.493 e. The number of allylic oxidation sites excluding steroid dienone is 1. The van der Waals surface area contributed by atoms with Gasteiger partial charge in [-0.25, -0.2) is 0 Å². The first-order chi connectivity index (χ1) is 14.1. The quantitative estimate of drug-likeness (QED) is 0.712. The Kier molecular flexibility index (Phi) is 7.55. The van der Waals surface area contributed by atoms with Gasteiger partial charge in [0, 0.05) is 25.2 Å². The number of benzene rings is 1. The van der Waals surface area contributed by atoms with E-state index in [0.29, 0.717) is 48.5 Å². The Hall–Kier alpha value is -2.50. The van der Waals surface area contributed by atoms with Gasteiger partial charge >= 0.3 is 0 Å². The Labute approximate surface area is 173 Å². The minimum Gasteiger partial charge on any atom is -0.493 e. The minimum atomic E-state index is 0.000679. The van der Waals surface area contributed by atoms with Gasteiger partial charge in [-0.05, 0) is 61.8 Å². The van der Waals surface area contributed by atoms with Gasteiger partial charge in [-0.3, -0.25) is 9.59 Å². The smallest absolute Gasteiger partial charge is 0.253 e. The van der Waals surface area contributed by atoms with Crippen LogP contribution in [0.5, 0.6) is 11.5 Å². The maximum absolute atomic E-state index is 12.8. The molecule has 1 N–H and O–H groups in total. The van der Waals surface area contributed by atoms with Gasteiger partial charge in [0.25, 0.3) is 5.91 Å². The molecule has 1 saturated carbocycles. The van der Waals surface area contributed by atoms with E-state index in [4.69, 9.17) is 9.47 Å². The third kappa shape index (κ3) is 5.75. The third-order valence-electron chi connectivity index (χ3n) is 6.02. The maximum Gasteiger partial charge on any atom is 0.253 e. The van der Waals surface area contributed by atoms with Crippen LogP contribution >= 0.6 is 0 Å². The molecule has 1 aromatic carbocycles. The summed E-state index contributed by atoms with van der Waals surface area (Å²) in [5, 5.41) is 3.02. The summed E-state index contributed by atoms with van der Waals surface area (Å²) < 4.78 is 10.5. The second-order valence-corrected chi connectivity index (χ2v) is 7.95. The molecule has 6 heteroatoms. The van der Waals surface area contributed by atoms with Crippen molar-refractivity contribution in [3.8, 4) is 11.5 Å². The fraction of sp³-hybridized carbons (Fsp3) is 0.565. The van der Waals surface area contributed by atoms with Crippen LogP contribution in [0.25, 0.3) is 0 Å². The topological polar surface area (TPSA) is 67.9 Å². The predicted molar refractivity (Wildman–Crippen MR) is 112 cm³/mol. The highest BCUT2D eigenvalue weighted by molar-refractivity contribution is 5.95. The molecule has 1 saturated heterocycles. The highest BCUT2D eigenvalue weighted by atomic mass is 16.5. The van der Waals surface area contributed by atoms with Crippen LogP contribution in [0.2, 0.25) is 0 Å². The molecule has 2 amide bonds. The van der Waals surface area contributed by atoms with Gasteiger partial charge in [0.05, 0.1) is 14.2 Å². The Morgan fingerprint density at radius 3 is 2.41 bits per heavy atom. The number of nitrogens with one attached hydrogen (secondary N) is 1. The molecule has 158 valence electrons. The van der Waals surface area contributed by atoms with E-state index in [2.05, 4.69) is 11.4 Å². The molecule has 2 fully saturated rings. The zero-order chi connectivity index (χ0) is 20.6. The average molecular weight is 401 g/mol. The molecule has 0 radical (unpaired) electrons. The molecule has 1 heterocycles. The molecule has 1 aliphatic carbocycles.